The zero-order valence-corrected chi connectivity index (χ0v) is 42.7. The summed E-state index contributed by atoms with van der Waals surface area (Å²) < 4.78 is 0. The molecule has 1 aliphatic heterocycles. The number of fused-ring (bicyclic) bond motifs is 1. The van der Waals surface area contributed by atoms with Crippen LogP contribution in [0.25, 0.3) is 10.9 Å². The van der Waals surface area contributed by atoms with Crippen LogP contribution in [0, 0.1) is 11.8 Å². The summed E-state index contributed by atoms with van der Waals surface area (Å²) in [6.45, 7) is 1.59. The molecule has 0 saturated carbocycles. The van der Waals surface area contributed by atoms with Crippen LogP contribution in [0.5, 0.6) is 0 Å². The van der Waals surface area contributed by atoms with Crippen molar-refractivity contribution in [3.8, 4) is 0 Å². The third kappa shape index (κ3) is 21.0. The third-order valence-corrected chi connectivity index (χ3v) is 13.0. The fourth-order valence-electron chi connectivity index (χ4n) is 8.98. The van der Waals surface area contributed by atoms with Crippen molar-refractivity contribution in [1.29, 1.82) is 0 Å². The molecule has 5 amide bonds. The molecule has 1 aliphatic rings. The molecule has 0 spiro atoms. The van der Waals surface area contributed by atoms with E-state index in [1.54, 1.807) is 36.5 Å². The molecular weight excluding hydrogens is 967 g/mol. The number of benzene rings is 2. The maximum atomic E-state index is 14.7. The Morgan fingerprint density at radius 3 is 2.07 bits per heavy atom. The minimum absolute atomic E-state index is 0.00233. The number of nitrogens with two attached hydrogens (primary N) is 5. The van der Waals surface area contributed by atoms with Crippen LogP contribution in [0.4, 0.5) is 0 Å². The molecule has 0 aliphatic carbocycles. The molecule has 17 N–H and O–H groups in total. The van der Waals surface area contributed by atoms with E-state index >= 15 is 0 Å². The summed E-state index contributed by atoms with van der Waals surface area (Å²) in [6, 6.07) is 9.70. The SMILES string of the molecule is CC(=O)N[C@@H](CCCN=C(N)N)C(=O)N[C@H]1CCC(=O)CCCC[C@@H](C(=O)O)NC(=O)[C@H](Cc2c[nH]c3ccccc23)CC(=O)[C@H](CCCN=C(N)N)CC(=O)[C@@H](Cc2ccccc2)NC(=O)[C@H](CCCN)NC1=O. The summed E-state index contributed by atoms with van der Waals surface area (Å²) in [7, 11) is 0. The number of para-hydroxylation sites is 1. The molecule has 2 aromatic carbocycles. The van der Waals surface area contributed by atoms with Gasteiger partial charge < -0.3 is 65.3 Å². The quantitative estimate of drug-likeness (QED) is 0.0439. The second kappa shape index (κ2) is 31.1. The number of carbonyl (C=O) groups excluding carboxylic acids is 8. The van der Waals surface area contributed by atoms with Crippen molar-refractivity contribution in [3.63, 3.8) is 0 Å². The summed E-state index contributed by atoms with van der Waals surface area (Å²) in [5.74, 6) is -8.68. The van der Waals surface area contributed by atoms with Gasteiger partial charge in [-0.1, -0.05) is 55.0 Å². The van der Waals surface area contributed by atoms with Gasteiger partial charge in [-0.25, -0.2) is 4.79 Å². The summed E-state index contributed by atoms with van der Waals surface area (Å²) in [5.41, 5.74) is 30.1. The maximum Gasteiger partial charge on any atom is 0.326 e. The zero-order valence-electron chi connectivity index (χ0n) is 42.7. The van der Waals surface area contributed by atoms with Gasteiger partial charge in [0, 0.05) is 74.6 Å². The van der Waals surface area contributed by atoms with E-state index in [1.165, 1.54) is 6.92 Å². The first-order valence-electron chi connectivity index (χ1n) is 25.5. The van der Waals surface area contributed by atoms with Gasteiger partial charge in [0.1, 0.15) is 35.7 Å². The monoisotopic (exact) mass is 1040 g/mol. The molecule has 408 valence electrons. The van der Waals surface area contributed by atoms with E-state index in [9.17, 15) is 48.3 Å². The predicted molar refractivity (Wildman–Crippen MR) is 282 cm³/mol. The highest BCUT2D eigenvalue weighted by atomic mass is 16.4. The number of nitrogens with zero attached hydrogens (tertiary/aromatic N) is 2. The van der Waals surface area contributed by atoms with E-state index in [2.05, 4.69) is 41.6 Å². The smallest absolute Gasteiger partial charge is 0.326 e. The van der Waals surface area contributed by atoms with Gasteiger partial charge in [-0.15, -0.1) is 0 Å². The van der Waals surface area contributed by atoms with Gasteiger partial charge in [-0.3, -0.25) is 48.3 Å². The van der Waals surface area contributed by atoms with Gasteiger partial charge in [0.25, 0.3) is 0 Å². The minimum Gasteiger partial charge on any atom is -0.480 e. The lowest BCUT2D eigenvalue weighted by molar-refractivity contribution is -0.143. The summed E-state index contributed by atoms with van der Waals surface area (Å²) in [6.07, 6.45) is 1.76. The molecule has 1 aromatic heterocycles. The van der Waals surface area contributed by atoms with Gasteiger partial charge in [0.2, 0.25) is 29.5 Å². The van der Waals surface area contributed by atoms with E-state index in [-0.39, 0.29) is 140 Å². The maximum absolute atomic E-state index is 14.7. The number of nitrogens with one attached hydrogen (secondary N) is 6. The molecule has 0 radical (unpaired) electrons. The molecule has 4 rings (SSSR count). The van der Waals surface area contributed by atoms with Crippen molar-refractivity contribution in [2.75, 3.05) is 19.6 Å². The number of guanidine groups is 2. The van der Waals surface area contributed by atoms with E-state index in [1.807, 2.05) is 24.3 Å². The van der Waals surface area contributed by atoms with E-state index in [0.29, 0.717) is 11.1 Å². The molecule has 1 saturated heterocycles. The lowest BCUT2D eigenvalue weighted by Crippen LogP contribution is -2.58. The Morgan fingerprint density at radius 2 is 1.39 bits per heavy atom. The van der Waals surface area contributed by atoms with Crippen LogP contribution in [0.15, 0.2) is 70.8 Å². The minimum atomic E-state index is -1.42. The second-order valence-electron chi connectivity index (χ2n) is 19.0. The number of aliphatic imine (C=N–C) groups is 2. The first-order chi connectivity index (χ1) is 35.8. The van der Waals surface area contributed by atoms with Crippen LogP contribution in [-0.4, -0.2) is 125 Å². The van der Waals surface area contributed by atoms with E-state index in [0.717, 1.165) is 10.9 Å². The number of H-pyrrole nitrogens is 1. The van der Waals surface area contributed by atoms with Crippen LogP contribution in [0.3, 0.4) is 0 Å². The molecule has 7 atom stereocenters. The van der Waals surface area contributed by atoms with Crippen molar-refractivity contribution in [3.05, 3.63) is 71.9 Å². The highest BCUT2D eigenvalue weighted by Crippen LogP contribution is 2.26. The Bertz CT molecular complexity index is 2490. The van der Waals surface area contributed by atoms with Crippen molar-refractivity contribution < 1.29 is 48.3 Å². The first-order valence-corrected chi connectivity index (χ1v) is 25.5. The van der Waals surface area contributed by atoms with Crippen LogP contribution in [0.2, 0.25) is 0 Å². The Morgan fingerprint density at radius 1 is 0.720 bits per heavy atom. The van der Waals surface area contributed by atoms with Gasteiger partial charge in [-0.05, 0) is 94.4 Å². The third-order valence-electron chi connectivity index (χ3n) is 13.0. The molecule has 2 heterocycles. The van der Waals surface area contributed by atoms with Crippen LogP contribution < -0.4 is 55.3 Å². The highest BCUT2D eigenvalue weighted by molar-refractivity contribution is 5.98. The number of hydrogen-bond donors (Lipinski definition) is 12. The summed E-state index contributed by atoms with van der Waals surface area (Å²) in [4.78, 5) is 136. The lowest BCUT2D eigenvalue weighted by atomic mass is 9.83. The Hall–Kier alpha value is -7.69. The number of rotatable bonds is 19. The second-order valence-corrected chi connectivity index (χ2v) is 19.0. The number of aliphatic carboxylic acids is 1. The van der Waals surface area contributed by atoms with Crippen LogP contribution in [-0.2, 0) is 56.0 Å². The van der Waals surface area contributed by atoms with Gasteiger partial charge in [-0.2, -0.15) is 0 Å². The number of ketones is 3. The fourth-order valence-corrected chi connectivity index (χ4v) is 8.98. The number of Topliss-reactive ketones (excluding diaryl/α,β-unsaturated/α-hetero) is 3. The molecule has 75 heavy (non-hydrogen) atoms. The summed E-state index contributed by atoms with van der Waals surface area (Å²) >= 11 is 0. The lowest BCUT2D eigenvalue weighted by Gasteiger charge is -2.27. The fraction of sp³-hybridized carbons (Fsp3) is 0.519. The average molecular weight is 1040 g/mol. The molecule has 23 heteroatoms. The van der Waals surface area contributed by atoms with Crippen molar-refractivity contribution in [1.82, 2.24) is 31.6 Å². The largest absolute Gasteiger partial charge is 0.480 e. The van der Waals surface area contributed by atoms with E-state index in [4.69, 9.17) is 28.7 Å². The van der Waals surface area contributed by atoms with Gasteiger partial charge in [0.05, 0.1) is 6.04 Å². The molecule has 0 unspecified atom stereocenters. The number of carboxylic acid groups (broad SMARTS) is 1. The Balaban J connectivity index is 1.77. The first kappa shape index (κ1) is 59.9. The number of aromatic nitrogens is 1. The highest BCUT2D eigenvalue weighted by Gasteiger charge is 2.35. The topological polar surface area (TPSA) is 405 Å². The molecular formula is C52H75N13O10. The van der Waals surface area contributed by atoms with Crippen molar-refractivity contribution in [2.24, 2.45) is 50.5 Å². The van der Waals surface area contributed by atoms with Gasteiger partial charge >= 0.3 is 5.97 Å². The standard InChI is InChI=1S/C52H75N13O10/c1-31(66)61-39(20-11-25-59-52(56)57)47(71)63-41-22-21-36(67)15-5-7-18-42(50(74)75)64-46(70)34(27-35-30-60-38-17-8-6-16-37(35)38)29-44(68)33(14-10-24-58-51(54)55)28-45(69)43(26-32-12-3-2-4-13-32)65-48(72)40(19-9-23-53)62-49(41)73/h2-4,6,8,12-13,16-17,30,33-34,39-43,60H,5,7,9-11,14-15,18-29,53H2,1H3,(H,61,66)(H,62,73)(H,63,71)(H,64,70)(H,65,72)(H,74,75)(H4,54,55,58)(H4,56,57,59)/t33-,34-,39+,40+,41+,42+,43-/m1/s1. The van der Waals surface area contributed by atoms with Crippen LogP contribution >= 0.6 is 0 Å². The number of carbonyl (C=O) groups is 9. The normalized spacial score (nSPS) is 21.4. The molecule has 23 nitrogen and oxygen atoms in total. The zero-order chi connectivity index (χ0) is 54.9. The van der Waals surface area contributed by atoms with Crippen molar-refractivity contribution >= 4 is 75.7 Å². The Labute approximate surface area is 436 Å². The van der Waals surface area contributed by atoms with Crippen molar-refractivity contribution in [2.45, 2.75) is 140 Å². The molecule has 1 fully saturated rings. The summed E-state index contributed by atoms with van der Waals surface area (Å²) in [5, 5.41) is 24.5. The molecule has 0 bridgehead atoms. The average Bonchev–Trinajstić information content (AvgIpc) is 3.78. The van der Waals surface area contributed by atoms with Gasteiger partial charge in [0.15, 0.2) is 17.7 Å². The van der Waals surface area contributed by atoms with Crippen LogP contribution in [0.1, 0.15) is 108 Å². The molecule has 3 aromatic rings. The number of amides is 5. The number of aromatic amines is 1. The van der Waals surface area contributed by atoms with E-state index < -0.39 is 89.1 Å². The number of carboxylic acids is 1. The Kier molecular flexibility index (Phi) is 24.9. The number of hydrogen-bond acceptors (Lipinski definition) is 12. The predicted octanol–water partition coefficient (Wildman–Crippen LogP) is 0.402.